The van der Waals surface area contributed by atoms with E-state index in [0.717, 1.165) is 84.8 Å². The number of unbranched alkanes of at least 4 members (excludes halogenated alkanes) is 1. The summed E-state index contributed by atoms with van der Waals surface area (Å²) in [5, 5.41) is 11.8. The Morgan fingerprint density at radius 2 is 1.91 bits per heavy atom. The molecule has 5 nitrogen and oxygen atoms in total. The third kappa shape index (κ3) is 5.22. The second-order valence-corrected chi connectivity index (χ2v) is 9.73. The van der Waals surface area contributed by atoms with E-state index in [1.54, 1.807) is 7.11 Å². The van der Waals surface area contributed by atoms with Gasteiger partial charge in [0.05, 0.1) is 18.4 Å². The van der Waals surface area contributed by atoms with E-state index in [4.69, 9.17) is 21.1 Å². The summed E-state index contributed by atoms with van der Waals surface area (Å²) in [6.45, 7) is 3.23. The normalized spacial score (nSPS) is 18.3. The van der Waals surface area contributed by atoms with E-state index in [9.17, 15) is 5.11 Å². The van der Waals surface area contributed by atoms with Crippen LogP contribution in [0.15, 0.2) is 66.9 Å². The average Bonchev–Trinajstić information content (AvgIpc) is 3.04. The van der Waals surface area contributed by atoms with Crippen molar-refractivity contribution in [2.24, 2.45) is 0 Å². The van der Waals surface area contributed by atoms with Crippen LogP contribution in [0.5, 0.6) is 11.5 Å². The number of halogens is 1. The van der Waals surface area contributed by atoms with Gasteiger partial charge in [-0.25, -0.2) is 0 Å². The minimum atomic E-state index is -0.761. The number of nitrogens with zero attached hydrogens (tertiary/aromatic N) is 2. The van der Waals surface area contributed by atoms with Crippen LogP contribution in [0.3, 0.4) is 0 Å². The Morgan fingerprint density at radius 3 is 2.69 bits per heavy atom. The van der Waals surface area contributed by atoms with Gasteiger partial charge in [0.15, 0.2) is 0 Å². The second kappa shape index (κ2) is 10.4. The number of fused-ring (bicyclic) bond motifs is 2. The van der Waals surface area contributed by atoms with Crippen LogP contribution in [0.2, 0.25) is 5.02 Å². The Kier molecular flexibility index (Phi) is 7.09. The molecule has 182 valence electrons. The molecule has 3 heterocycles. The van der Waals surface area contributed by atoms with Gasteiger partial charge in [0.1, 0.15) is 18.1 Å². The Balaban J connectivity index is 1.25. The third-order valence-electron chi connectivity index (χ3n) is 7.11. The molecule has 35 heavy (non-hydrogen) atoms. The summed E-state index contributed by atoms with van der Waals surface area (Å²) in [7, 11) is 1.69. The summed E-state index contributed by atoms with van der Waals surface area (Å²) in [4.78, 5) is 7.01. The van der Waals surface area contributed by atoms with Gasteiger partial charge in [-0.2, -0.15) is 0 Å². The lowest BCUT2D eigenvalue weighted by atomic mass is 9.84. The van der Waals surface area contributed by atoms with Gasteiger partial charge in [-0.05, 0) is 79.8 Å². The first-order valence-electron chi connectivity index (χ1n) is 12.2. The lowest BCUT2D eigenvalue weighted by molar-refractivity contribution is -0.0259. The molecule has 0 spiro atoms. The number of methoxy groups -OCH3 is 1. The van der Waals surface area contributed by atoms with Crippen LogP contribution in [0.1, 0.15) is 48.1 Å². The number of ether oxygens (including phenoxy) is 2. The van der Waals surface area contributed by atoms with Gasteiger partial charge in [-0.3, -0.25) is 4.98 Å². The smallest absolute Gasteiger partial charge is 0.131 e. The van der Waals surface area contributed by atoms with Gasteiger partial charge >= 0.3 is 0 Å². The highest BCUT2D eigenvalue weighted by atomic mass is 35.5. The van der Waals surface area contributed by atoms with Gasteiger partial charge in [0, 0.05) is 35.4 Å². The predicted octanol–water partition coefficient (Wildman–Crippen LogP) is 5.83. The number of hydrogen-bond donors (Lipinski definition) is 1. The van der Waals surface area contributed by atoms with E-state index in [1.165, 1.54) is 0 Å². The summed E-state index contributed by atoms with van der Waals surface area (Å²) in [5.74, 6) is 1.67. The minimum Gasteiger partial charge on any atom is -0.497 e. The molecule has 0 saturated carbocycles. The maximum absolute atomic E-state index is 11.1. The minimum absolute atomic E-state index is 0.456. The predicted molar refractivity (Wildman–Crippen MR) is 139 cm³/mol. The molecule has 6 heteroatoms. The maximum Gasteiger partial charge on any atom is 0.131 e. The molecular formula is C29H31ClN2O3. The van der Waals surface area contributed by atoms with Gasteiger partial charge in [-0.1, -0.05) is 35.9 Å². The van der Waals surface area contributed by atoms with Crippen molar-refractivity contribution in [2.45, 2.75) is 37.9 Å². The third-order valence-corrected chi connectivity index (χ3v) is 7.37. The number of likely N-dealkylation sites (tertiary alicyclic amines) is 1. The van der Waals surface area contributed by atoms with Crippen LogP contribution in [0.4, 0.5) is 0 Å². The van der Waals surface area contributed by atoms with E-state index < -0.39 is 5.60 Å². The van der Waals surface area contributed by atoms with Crippen molar-refractivity contribution < 1.29 is 14.6 Å². The molecule has 0 unspecified atom stereocenters. The summed E-state index contributed by atoms with van der Waals surface area (Å²) in [6, 6.07) is 17.7. The molecular weight excluding hydrogens is 460 g/mol. The molecule has 0 radical (unpaired) electrons. The fraction of sp³-hybridized carbons (Fsp3) is 0.345. The van der Waals surface area contributed by atoms with Gasteiger partial charge in [0.25, 0.3) is 0 Å². The highest BCUT2D eigenvalue weighted by molar-refractivity contribution is 6.30. The van der Waals surface area contributed by atoms with Gasteiger partial charge < -0.3 is 19.5 Å². The number of benzene rings is 2. The lowest BCUT2D eigenvalue weighted by Crippen LogP contribution is -2.42. The highest BCUT2D eigenvalue weighted by Crippen LogP contribution is 2.38. The lowest BCUT2D eigenvalue weighted by Gasteiger charge is -2.38. The molecule has 0 bridgehead atoms. The summed E-state index contributed by atoms with van der Waals surface area (Å²) >= 11 is 6.02. The molecule has 3 aromatic rings. The number of pyridine rings is 1. The van der Waals surface area contributed by atoms with Crippen molar-refractivity contribution in [3.05, 3.63) is 94.3 Å². The van der Waals surface area contributed by atoms with E-state index >= 15 is 0 Å². The molecule has 2 aliphatic heterocycles. The molecule has 0 amide bonds. The molecule has 2 aliphatic rings. The number of aliphatic hydroxyl groups is 1. The maximum atomic E-state index is 11.1. The van der Waals surface area contributed by atoms with Crippen molar-refractivity contribution in [2.75, 3.05) is 26.7 Å². The number of piperidine rings is 1. The van der Waals surface area contributed by atoms with Crippen LogP contribution >= 0.6 is 11.6 Å². The zero-order valence-corrected chi connectivity index (χ0v) is 20.8. The zero-order valence-electron chi connectivity index (χ0n) is 20.0. The quantitative estimate of drug-likeness (QED) is 0.440. The second-order valence-electron chi connectivity index (χ2n) is 9.29. The molecule has 0 atom stereocenters. The van der Waals surface area contributed by atoms with Crippen LogP contribution in [-0.2, 0) is 12.2 Å². The fourth-order valence-electron chi connectivity index (χ4n) is 5.04. The average molecular weight is 491 g/mol. The molecule has 1 fully saturated rings. The standard InChI is InChI=1S/C29H31ClN2O3/c1-34-23-11-12-28-26(19-23)24(25-6-4-15-31-27(25)20-35-28)5-2-3-16-32-17-13-29(33,14-18-32)21-7-9-22(30)10-8-21/h4-12,15,19,33H,2-3,13-14,16-18,20H2,1H3/b24-5+. The first-order valence-corrected chi connectivity index (χ1v) is 12.6. The number of rotatable bonds is 6. The molecule has 1 N–H and O–H groups in total. The first kappa shape index (κ1) is 23.9. The van der Waals surface area contributed by atoms with Crippen LogP contribution in [0, 0.1) is 0 Å². The Morgan fingerprint density at radius 1 is 1.11 bits per heavy atom. The van der Waals surface area contributed by atoms with Crippen molar-refractivity contribution in [1.29, 1.82) is 0 Å². The highest BCUT2D eigenvalue weighted by Gasteiger charge is 2.33. The monoisotopic (exact) mass is 490 g/mol. The number of allylic oxidation sites excluding steroid dienone is 1. The molecule has 1 saturated heterocycles. The van der Waals surface area contributed by atoms with E-state index in [-0.39, 0.29) is 0 Å². The topological polar surface area (TPSA) is 54.8 Å². The largest absolute Gasteiger partial charge is 0.497 e. The summed E-state index contributed by atoms with van der Waals surface area (Å²) < 4.78 is 11.6. The zero-order chi connectivity index (χ0) is 24.3. The van der Waals surface area contributed by atoms with Gasteiger partial charge in [0.2, 0.25) is 0 Å². The fourth-order valence-corrected chi connectivity index (χ4v) is 5.16. The van der Waals surface area contributed by atoms with E-state index in [2.05, 4.69) is 22.0 Å². The van der Waals surface area contributed by atoms with Crippen molar-refractivity contribution in [3.8, 4) is 11.5 Å². The van der Waals surface area contributed by atoms with Crippen LogP contribution in [0.25, 0.3) is 5.57 Å². The first-order chi connectivity index (χ1) is 17.1. The number of aromatic nitrogens is 1. The molecule has 2 aromatic carbocycles. The molecule has 1 aromatic heterocycles. The number of hydrogen-bond acceptors (Lipinski definition) is 5. The Hall–Kier alpha value is -2.86. The van der Waals surface area contributed by atoms with Crippen molar-refractivity contribution >= 4 is 17.2 Å². The molecule has 0 aliphatic carbocycles. The Bertz CT molecular complexity index is 1200. The van der Waals surface area contributed by atoms with Crippen LogP contribution < -0.4 is 9.47 Å². The van der Waals surface area contributed by atoms with Crippen molar-refractivity contribution in [1.82, 2.24) is 9.88 Å². The van der Waals surface area contributed by atoms with E-state index in [1.807, 2.05) is 54.7 Å². The summed E-state index contributed by atoms with van der Waals surface area (Å²) in [6.07, 6.45) is 7.58. The van der Waals surface area contributed by atoms with E-state index in [0.29, 0.717) is 11.6 Å². The molecule has 5 rings (SSSR count). The SMILES string of the molecule is COc1ccc2c(c1)/C(=C/CCCN1CCC(O)(c3ccc(Cl)cc3)CC1)c1cccnc1CO2. The van der Waals surface area contributed by atoms with Gasteiger partial charge in [-0.15, -0.1) is 0 Å². The summed E-state index contributed by atoms with van der Waals surface area (Å²) in [5.41, 5.74) is 4.46. The Labute approximate surface area is 212 Å². The van der Waals surface area contributed by atoms with Crippen molar-refractivity contribution in [3.63, 3.8) is 0 Å². The van der Waals surface area contributed by atoms with Crippen LogP contribution in [-0.4, -0.2) is 41.7 Å².